The Labute approximate surface area is 211 Å². The van der Waals surface area contributed by atoms with E-state index in [0.29, 0.717) is 29.1 Å². The maximum Gasteiger partial charge on any atom is 0.305 e. The number of carbonyl (C=O) groups excluding carboxylic acids is 1. The van der Waals surface area contributed by atoms with Crippen molar-refractivity contribution >= 4 is 5.97 Å². The highest BCUT2D eigenvalue weighted by atomic mass is 16.5. The Bertz CT molecular complexity index is 752. The second-order valence-corrected chi connectivity index (χ2v) is 13.6. The second-order valence-electron chi connectivity index (χ2n) is 13.6. The molecule has 0 aliphatic heterocycles. The molecule has 194 valence electrons. The van der Waals surface area contributed by atoms with E-state index in [-0.39, 0.29) is 12.1 Å². The van der Waals surface area contributed by atoms with Crippen LogP contribution in [0, 0.1) is 40.4 Å². The summed E-state index contributed by atoms with van der Waals surface area (Å²) in [5, 5.41) is 0. The van der Waals surface area contributed by atoms with Gasteiger partial charge in [0.2, 0.25) is 0 Å². The van der Waals surface area contributed by atoms with Gasteiger partial charge in [-0.05, 0) is 105 Å². The zero-order valence-electron chi connectivity index (χ0n) is 23.4. The smallest absolute Gasteiger partial charge is 0.305 e. The number of ether oxygens (including phenoxy) is 1. The molecule has 0 bridgehead atoms. The van der Waals surface area contributed by atoms with Crippen LogP contribution in [-0.4, -0.2) is 12.1 Å². The van der Waals surface area contributed by atoms with E-state index in [1.807, 2.05) is 18.1 Å². The Hall–Kier alpha value is -0.790. The molecule has 0 aromatic carbocycles. The van der Waals surface area contributed by atoms with Gasteiger partial charge in [0, 0.05) is 6.42 Å². The van der Waals surface area contributed by atoms with Crippen LogP contribution in [0.1, 0.15) is 138 Å². The number of fused-ring (bicyclic) bond motifs is 2. The molecule has 0 amide bonds. The lowest BCUT2D eigenvalue weighted by molar-refractivity contribution is -0.153. The lowest BCUT2D eigenvalue weighted by atomic mass is 9.60. The fourth-order valence-electron chi connectivity index (χ4n) is 9.29. The normalized spacial score (nSPS) is 41.1. The van der Waals surface area contributed by atoms with Gasteiger partial charge in [-0.2, -0.15) is 0 Å². The molecule has 0 spiro atoms. The first-order valence-corrected chi connectivity index (χ1v) is 15.1. The van der Waals surface area contributed by atoms with Crippen molar-refractivity contribution in [3.8, 4) is 0 Å². The molecule has 4 aliphatic carbocycles. The van der Waals surface area contributed by atoms with Gasteiger partial charge in [-0.1, -0.05) is 78.4 Å². The van der Waals surface area contributed by atoms with E-state index >= 15 is 0 Å². The standard InChI is InChI=1S/C32H54O2/c1-7-9-10-11-22(3)28-13-12-26-19-25-18-23(4)29-20-27(34-30(33)8-2)15-16-31(29,5)21-24(25)14-17-32(26,28)6/h22-23,26-29H,7-21H2,1-6H3/t22?,23?,26?,27?,28?,29?,31?,32-/m0/s1. The van der Waals surface area contributed by atoms with Crippen LogP contribution in [0.2, 0.25) is 0 Å². The first-order valence-electron chi connectivity index (χ1n) is 15.1. The molecule has 2 saturated carbocycles. The predicted molar refractivity (Wildman–Crippen MR) is 143 cm³/mol. The first-order chi connectivity index (χ1) is 16.2. The lowest BCUT2D eigenvalue weighted by Gasteiger charge is -2.46. The van der Waals surface area contributed by atoms with E-state index in [0.717, 1.165) is 30.6 Å². The molecule has 0 aromatic heterocycles. The van der Waals surface area contributed by atoms with Crippen LogP contribution >= 0.6 is 0 Å². The molecule has 0 heterocycles. The molecule has 0 saturated heterocycles. The zero-order chi connectivity index (χ0) is 24.5. The maximum atomic E-state index is 12.0. The number of allylic oxidation sites excluding steroid dienone is 2. The van der Waals surface area contributed by atoms with Gasteiger partial charge in [0.15, 0.2) is 0 Å². The Morgan fingerprint density at radius 2 is 1.85 bits per heavy atom. The van der Waals surface area contributed by atoms with Crippen LogP contribution in [-0.2, 0) is 9.53 Å². The Morgan fingerprint density at radius 1 is 1.06 bits per heavy atom. The first kappa shape index (κ1) is 26.3. The van der Waals surface area contributed by atoms with Crippen molar-refractivity contribution in [2.24, 2.45) is 40.4 Å². The van der Waals surface area contributed by atoms with Gasteiger partial charge in [-0.25, -0.2) is 0 Å². The molecule has 8 atom stereocenters. The number of hydrogen-bond acceptors (Lipinski definition) is 2. The van der Waals surface area contributed by atoms with E-state index in [1.165, 1.54) is 77.0 Å². The van der Waals surface area contributed by atoms with Gasteiger partial charge < -0.3 is 4.74 Å². The predicted octanol–water partition coefficient (Wildman–Crippen LogP) is 9.27. The molecule has 2 nitrogen and oxygen atoms in total. The molecule has 0 aromatic rings. The van der Waals surface area contributed by atoms with E-state index in [9.17, 15) is 4.79 Å². The minimum atomic E-state index is -0.0113. The van der Waals surface area contributed by atoms with Crippen molar-refractivity contribution in [3.05, 3.63) is 11.1 Å². The number of rotatable bonds is 7. The summed E-state index contributed by atoms with van der Waals surface area (Å²) in [6.45, 7) is 14.6. The number of hydrogen-bond donors (Lipinski definition) is 0. The van der Waals surface area contributed by atoms with Crippen LogP contribution in [0.15, 0.2) is 11.1 Å². The fraction of sp³-hybridized carbons (Fsp3) is 0.906. The summed E-state index contributed by atoms with van der Waals surface area (Å²) < 4.78 is 5.85. The van der Waals surface area contributed by atoms with Gasteiger partial charge in [-0.15, -0.1) is 0 Å². The SMILES string of the molecule is CCCCCC(C)C1CCC2CC3=C(CC[C@@]21C)CC1(C)CCC(OC(=O)CC)CC1C(C)C3. The van der Waals surface area contributed by atoms with Gasteiger partial charge in [-0.3, -0.25) is 4.79 Å². The average molecular weight is 471 g/mol. The molecule has 34 heavy (non-hydrogen) atoms. The maximum absolute atomic E-state index is 12.0. The second kappa shape index (κ2) is 10.7. The van der Waals surface area contributed by atoms with Gasteiger partial charge >= 0.3 is 5.97 Å². The summed E-state index contributed by atoms with van der Waals surface area (Å²) in [5.41, 5.74) is 4.65. The summed E-state index contributed by atoms with van der Waals surface area (Å²) in [4.78, 5) is 12.0. The van der Waals surface area contributed by atoms with Crippen molar-refractivity contribution in [3.63, 3.8) is 0 Å². The highest BCUT2D eigenvalue weighted by Gasteiger charge is 2.51. The Kier molecular flexibility index (Phi) is 8.25. The van der Waals surface area contributed by atoms with Crippen LogP contribution in [0.25, 0.3) is 0 Å². The summed E-state index contributed by atoms with van der Waals surface area (Å²) in [6, 6.07) is 0. The molecule has 2 heteroatoms. The number of unbranched alkanes of at least 4 members (excludes halogenated alkanes) is 2. The molecule has 4 aliphatic rings. The molecule has 2 fully saturated rings. The number of carbonyl (C=O) groups is 1. The molecule has 4 rings (SSSR count). The van der Waals surface area contributed by atoms with Crippen molar-refractivity contribution in [1.29, 1.82) is 0 Å². The van der Waals surface area contributed by atoms with E-state index in [1.54, 1.807) is 0 Å². The summed E-state index contributed by atoms with van der Waals surface area (Å²) in [6.07, 6.45) is 19.3. The third-order valence-electron chi connectivity index (χ3n) is 11.4. The summed E-state index contributed by atoms with van der Waals surface area (Å²) >= 11 is 0. The van der Waals surface area contributed by atoms with Crippen molar-refractivity contribution in [1.82, 2.24) is 0 Å². The summed E-state index contributed by atoms with van der Waals surface area (Å²) in [5.74, 6) is 4.10. The minimum Gasteiger partial charge on any atom is -0.462 e. The Balaban J connectivity index is 1.47. The van der Waals surface area contributed by atoms with E-state index < -0.39 is 0 Å². The van der Waals surface area contributed by atoms with Crippen LogP contribution < -0.4 is 0 Å². The zero-order valence-corrected chi connectivity index (χ0v) is 23.4. The highest BCUT2D eigenvalue weighted by Crippen LogP contribution is 2.61. The molecular weight excluding hydrogens is 416 g/mol. The lowest BCUT2D eigenvalue weighted by Crippen LogP contribution is -2.40. The largest absolute Gasteiger partial charge is 0.462 e. The van der Waals surface area contributed by atoms with Gasteiger partial charge in [0.1, 0.15) is 6.10 Å². The Morgan fingerprint density at radius 3 is 2.59 bits per heavy atom. The van der Waals surface area contributed by atoms with Crippen LogP contribution in [0.3, 0.4) is 0 Å². The minimum absolute atomic E-state index is 0.0113. The van der Waals surface area contributed by atoms with Crippen LogP contribution in [0.5, 0.6) is 0 Å². The third-order valence-corrected chi connectivity index (χ3v) is 11.4. The third kappa shape index (κ3) is 5.17. The van der Waals surface area contributed by atoms with Gasteiger partial charge in [0.25, 0.3) is 0 Å². The quantitative estimate of drug-likeness (QED) is 0.210. The van der Waals surface area contributed by atoms with Crippen molar-refractivity contribution in [2.45, 2.75) is 144 Å². The fourth-order valence-corrected chi connectivity index (χ4v) is 9.29. The van der Waals surface area contributed by atoms with Crippen LogP contribution in [0.4, 0.5) is 0 Å². The average Bonchev–Trinajstić information content (AvgIpc) is 3.00. The summed E-state index contributed by atoms with van der Waals surface area (Å²) in [7, 11) is 0. The molecule has 0 N–H and O–H groups in total. The van der Waals surface area contributed by atoms with Crippen molar-refractivity contribution in [2.75, 3.05) is 0 Å². The van der Waals surface area contributed by atoms with Gasteiger partial charge in [0.05, 0.1) is 0 Å². The molecule has 7 unspecified atom stereocenters. The van der Waals surface area contributed by atoms with E-state index in [4.69, 9.17) is 4.74 Å². The molecular formula is C32H54O2. The topological polar surface area (TPSA) is 26.3 Å². The van der Waals surface area contributed by atoms with E-state index in [2.05, 4.69) is 34.6 Å². The monoisotopic (exact) mass is 470 g/mol. The number of esters is 1. The highest BCUT2D eigenvalue weighted by molar-refractivity contribution is 5.69. The van der Waals surface area contributed by atoms with Crippen molar-refractivity contribution < 1.29 is 9.53 Å². The molecule has 0 radical (unpaired) electrons.